The minimum Gasteiger partial charge on any atom is -0.370 e. The fraction of sp³-hybridized carbons (Fsp3) is 0.500. The van der Waals surface area contributed by atoms with Crippen molar-refractivity contribution >= 4 is 5.82 Å². The molecule has 1 aromatic rings. The Morgan fingerprint density at radius 3 is 2.67 bits per heavy atom. The van der Waals surface area contributed by atoms with E-state index in [1.807, 2.05) is 19.1 Å². The molecule has 0 radical (unpaired) electrons. The van der Waals surface area contributed by atoms with Crippen LogP contribution in [-0.2, 0) is 0 Å². The van der Waals surface area contributed by atoms with E-state index < -0.39 is 12.6 Å². The topological polar surface area (TPSA) is 24.9 Å². The maximum atomic E-state index is 11.8. The van der Waals surface area contributed by atoms with Crippen LogP contribution in [0.1, 0.15) is 18.5 Å². The summed E-state index contributed by atoms with van der Waals surface area (Å²) in [4.78, 5) is 4.11. The lowest BCUT2D eigenvalue weighted by Crippen LogP contribution is -2.11. The summed E-state index contributed by atoms with van der Waals surface area (Å²) < 4.78 is 35.4. The van der Waals surface area contributed by atoms with Crippen molar-refractivity contribution in [2.24, 2.45) is 0 Å². The highest BCUT2D eigenvalue weighted by Gasteiger charge is 2.25. The lowest BCUT2D eigenvalue weighted by molar-refractivity contribution is -0.134. The van der Waals surface area contributed by atoms with Crippen molar-refractivity contribution in [3.05, 3.63) is 23.9 Å². The number of nitrogens with zero attached hydrogens (tertiary/aromatic N) is 1. The highest BCUT2D eigenvalue weighted by Crippen LogP contribution is 2.21. The SMILES string of the molecule is Cc1cccc(NCCCC(F)(F)F)n1. The van der Waals surface area contributed by atoms with E-state index in [1.54, 1.807) is 6.07 Å². The monoisotopic (exact) mass is 218 g/mol. The van der Waals surface area contributed by atoms with Gasteiger partial charge in [0.15, 0.2) is 0 Å². The lowest BCUT2D eigenvalue weighted by Gasteiger charge is -2.07. The molecule has 0 saturated carbocycles. The first-order valence-corrected chi connectivity index (χ1v) is 4.72. The van der Waals surface area contributed by atoms with Gasteiger partial charge in [-0.05, 0) is 25.5 Å². The predicted octanol–water partition coefficient (Wildman–Crippen LogP) is 3.14. The number of hydrogen-bond donors (Lipinski definition) is 1. The fourth-order valence-electron chi connectivity index (χ4n) is 1.15. The Morgan fingerprint density at radius 2 is 2.07 bits per heavy atom. The van der Waals surface area contributed by atoms with E-state index in [2.05, 4.69) is 10.3 Å². The first-order valence-electron chi connectivity index (χ1n) is 4.72. The van der Waals surface area contributed by atoms with E-state index in [1.165, 1.54) is 0 Å². The molecule has 15 heavy (non-hydrogen) atoms. The average molecular weight is 218 g/mol. The summed E-state index contributed by atoms with van der Waals surface area (Å²) in [6, 6.07) is 5.38. The Kier molecular flexibility index (Phi) is 3.94. The van der Waals surface area contributed by atoms with Crippen LogP contribution in [0.25, 0.3) is 0 Å². The molecule has 1 rings (SSSR count). The van der Waals surface area contributed by atoms with Gasteiger partial charge in [0, 0.05) is 18.7 Å². The summed E-state index contributed by atoms with van der Waals surface area (Å²) in [6.07, 6.45) is -4.76. The van der Waals surface area contributed by atoms with E-state index in [0.717, 1.165) is 5.69 Å². The smallest absolute Gasteiger partial charge is 0.370 e. The van der Waals surface area contributed by atoms with Crippen LogP contribution in [0.5, 0.6) is 0 Å². The Labute approximate surface area is 86.5 Å². The molecule has 1 aromatic heterocycles. The highest BCUT2D eigenvalue weighted by atomic mass is 19.4. The minimum absolute atomic E-state index is 0.0686. The second-order valence-corrected chi connectivity index (χ2v) is 3.31. The van der Waals surface area contributed by atoms with Gasteiger partial charge in [0.25, 0.3) is 0 Å². The first kappa shape index (κ1) is 11.8. The standard InChI is InChI=1S/C10H13F3N2/c1-8-4-2-5-9(15-8)14-7-3-6-10(11,12)13/h2,4-5H,3,6-7H2,1H3,(H,14,15). The van der Waals surface area contributed by atoms with Gasteiger partial charge < -0.3 is 5.32 Å². The van der Waals surface area contributed by atoms with Gasteiger partial charge in [-0.15, -0.1) is 0 Å². The van der Waals surface area contributed by atoms with Gasteiger partial charge in [-0.2, -0.15) is 13.2 Å². The van der Waals surface area contributed by atoms with Crippen LogP contribution in [0.4, 0.5) is 19.0 Å². The first-order chi connectivity index (χ1) is 6.97. The molecular formula is C10H13F3N2. The molecule has 1 N–H and O–H groups in total. The third-order valence-corrected chi connectivity index (χ3v) is 1.83. The quantitative estimate of drug-likeness (QED) is 0.785. The molecule has 1 heterocycles. The summed E-state index contributed by atoms with van der Waals surface area (Å²) >= 11 is 0. The van der Waals surface area contributed by atoms with Gasteiger partial charge in [0.2, 0.25) is 0 Å². The van der Waals surface area contributed by atoms with Crippen molar-refractivity contribution in [2.75, 3.05) is 11.9 Å². The Morgan fingerprint density at radius 1 is 1.33 bits per heavy atom. The zero-order valence-electron chi connectivity index (χ0n) is 8.43. The molecular weight excluding hydrogens is 205 g/mol. The average Bonchev–Trinajstić information content (AvgIpc) is 2.11. The van der Waals surface area contributed by atoms with Gasteiger partial charge >= 0.3 is 6.18 Å². The highest BCUT2D eigenvalue weighted by molar-refractivity contribution is 5.34. The molecule has 84 valence electrons. The molecule has 0 atom stereocenters. The Hall–Kier alpha value is -1.26. The van der Waals surface area contributed by atoms with E-state index >= 15 is 0 Å². The van der Waals surface area contributed by atoms with Crippen molar-refractivity contribution in [1.29, 1.82) is 0 Å². The molecule has 0 fully saturated rings. The number of aryl methyl sites for hydroxylation is 1. The second-order valence-electron chi connectivity index (χ2n) is 3.31. The second kappa shape index (κ2) is 5.00. The van der Waals surface area contributed by atoms with Crippen molar-refractivity contribution < 1.29 is 13.2 Å². The normalized spacial score (nSPS) is 11.5. The molecule has 0 spiro atoms. The van der Waals surface area contributed by atoms with Gasteiger partial charge in [-0.1, -0.05) is 6.07 Å². The van der Waals surface area contributed by atoms with Crippen molar-refractivity contribution in [2.45, 2.75) is 25.9 Å². The maximum Gasteiger partial charge on any atom is 0.389 e. The van der Waals surface area contributed by atoms with Gasteiger partial charge in [0.1, 0.15) is 5.82 Å². The van der Waals surface area contributed by atoms with Crippen LogP contribution in [-0.4, -0.2) is 17.7 Å². The molecule has 0 bridgehead atoms. The molecule has 0 aliphatic heterocycles. The van der Waals surface area contributed by atoms with Crippen LogP contribution in [0.2, 0.25) is 0 Å². The number of alkyl halides is 3. The molecule has 5 heteroatoms. The van der Waals surface area contributed by atoms with Crippen LogP contribution < -0.4 is 5.32 Å². The zero-order valence-corrected chi connectivity index (χ0v) is 8.43. The molecule has 0 saturated heterocycles. The number of anilines is 1. The Bertz CT molecular complexity index is 310. The Balaban J connectivity index is 2.26. The molecule has 0 aliphatic rings. The van der Waals surface area contributed by atoms with Crippen LogP contribution in [0, 0.1) is 6.92 Å². The molecule has 0 unspecified atom stereocenters. The number of aromatic nitrogens is 1. The largest absolute Gasteiger partial charge is 0.389 e. The number of halogens is 3. The summed E-state index contributed by atoms with van der Waals surface area (Å²) in [6.45, 7) is 2.12. The number of pyridine rings is 1. The van der Waals surface area contributed by atoms with Crippen molar-refractivity contribution in [3.63, 3.8) is 0 Å². The van der Waals surface area contributed by atoms with Gasteiger partial charge in [-0.3, -0.25) is 0 Å². The number of rotatable bonds is 4. The third-order valence-electron chi connectivity index (χ3n) is 1.83. The van der Waals surface area contributed by atoms with Gasteiger partial charge in [-0.25, -0.2) is 4.98 Å². The van der Waals surface area contributed by atoms with Crippen LogP contribution >= 0.6 is 0 Å². The minimum atomic E-state index is -4.07. The predicted molar refractivity (Wildman–Crippen MR) is 52.8 cm³/mol. The summed E-state index contributed by atoms with van der Waals surface area (Å²) in [5.41, 5.74) is 0.843. The number of nitrogens with one attached hydrogen (secondary N) is 1. The van der Waals surface area contributed by atoms with E-state index in [9.17, 15) is 13.2 Å². The fourth-order valence-corrected chi connectivity index (χ4v) is 1.15. The van der Waals surface area contributed by atoms with Crippen LogP contribution in [0.3, 0.4) is 0 Å². The molecule has 0 aromatic carbocycles. The summed E-state index contributed by atoms with van der Waals surface area (Å²) in [5.74, 6) is 0.622. The summed E-state index contributed by atoms with van der Waals surface area (Å²) in [5, 5.41) is 2.85. The molecule has 0 amide bonds. The maximum absolute atomic E-state index is 11.8. The number of hydrogen-bond acceptors (Lipinski definition) is 2. The van der Waals surface area contributed by atoms with Crippen molar-refractivity contribution in [3.8, 4) is 0 Å². The molecule has 0 aliphatic carbocycles. The summed E-state index contributed by atoms with van der Waals surface area (Å²) in [7, 11) is 0. The third kappa shape index (κ3) is 5.24. The van der Waals surface area contributed by atoms with E-state index in [-0.39, 0.29) is 13.0 Å². The van der Waals surface area contributed by atoms with Crippen molar-refractivity contribution in [1.82, 2.24) is 4.98 Å². The van der Waals surface area contributed by atoms with Crippen LogP contribution in [0.15, 0.2) is 18.2 Å². The lowest BCUT2D eigenvalue weighted by atomic mass is 10.3. The molecule has 2 nitrogen and oxygen atoms in total. The van der Waals surface area contributed by atoms with E-state index in [4.69, 9.17) is 0 Å². The zero-order chi connectivity index (χ0) is 11.3. The van der Waals surface area contributed by atoms with Gasteiger partial charge in [0.05, 0.1) is 0 Å². The van der Waals surface area contributed by atoms with E-state index in [0.29, 0.717) is 5.82 Å².